The van der Waals surface area contributed by atoms with E-state index in [1.807, 2.05) is 12.1 Å². The Morgan fingerprint density at radius 1 is 1.26 bits per heavy atom. The highest BCUT2D eigenvalue weighted by molar-refractivity contribution is 6.00. The van der Waals surface area contributed by atoms with Gasteiger partial charge in [-0.25, -0.2) is 0 Å². The molecule has 0 amide bonds. The molecule has 0 aliphatic carbocycles. The maximum atomic E-state index is 10.7. The van der Waals surface area contributed by atoms with E-state index in [0.29, 0.717) is 18.0 Å². The summed E-state index contributed by atoms with van der Waals surface area (Å²) >= 11 is 0. The first-order valence-electron chi connectivity index (χ1n) is 7.47. The number of nitro groups is 1. The number of hydrogen-bond acceptors (Lipinski definition) is 6. The van der Waals surface area contributed by atoms with Crippen molar-refractivity contribution < 1.29 is 9.34 Å². The Balaban J connectivity index is 2.14. The predicted octanol–water partition coefficient (Wildman–Crippen LogP) is 3.35. The van der Waals surface area contributed by atoms with Gasteiger partial charge < -0.3 is 4.42 Å². The van der Waals surface area contributed by atoms with Crippen LogP contribution in [0.1, 0.15) is 19.6 Å². The van der Waals surface area contributed by atoms with E-state index in [0.717, 1.165) is 18.8 Å². The van der Waals surface area contributed by atoms with Crippen molar-refractivity contribution in [2.75, 3.05) is 25.1 Å². The summed E-state index contributed by atoms with van der Waals surface area (Å²) in [5.41, 5.74) is 4.44. The highest BCUT2D eigenvalue weighted by Gasteiger charge is 2.11. The van der Waals surface area contributed by atoms with Crippen LogP contribution < -0.4 is 5.43 Å². The topological polar surface area (TPSA) is 83.9 Å². The maximum Gasteiger partial charge on any atom is 0.269 e. The number of furan rings is 1. The van der Waals surface area contributed by atoms with Gasteiger partial charge in [-0.15, -0.1) is 0 Å². The van der Waals surface area contributed by atoms with Crippen LogP contribution in [0.15, 0.2) is 52.2 Å². The maximum absolute atomic E-state index is 10.7. The number of nitrogens with one attached hydrogen (secondary N) is 1. The predicted molar refractivity (Wildman–Crippen MR) is 89.8 cm³/mol. The fraction of sp³-hybridized carbons (Fsp3) is 0.312. The van der Waals surface area contributed by atoms with Gasteiger partial charge in [0.1, 0.15) is 5.71 Å². The van der Waals surface area contributed by atoms with Gasteiger partial charge in [0.05, 0.1) is 16.9 Å². The van der Waals surface area contributed by atoms with Gasteiger partial charge in [0.25, 0.3) is 5.69 Å². The third-order valence-electron chi connectivity index (χ3n) is 3.47. The molecule has 1 heterocycles. The Labute approximate surface area is 134 Å². The van der Waals surface area contributed by atoms with Crippen LogP contribution in [0.2, 0.25) is 0 Å². The summed E-state index contributed by atoms with van der Waals surface area (Å²) in [6.07, 6.45) is 1.61. The molecule has 0 saturated carbocycles. The molecule has 2 rings (SSSR count). The van der Waals surface area contributed by atoms with Gasteiger partial charge >= 0.3 is 0 Å². The summed E-state index contributed by atoms with van der Waals surface area (Å²) < 4.78 is 5.44. The molecule has 1 aromatic heterocycles. The van der Waals surface area contributed by atoms with Gasteiger partial charge in [0, 0.05) is 18.7 Å². The summed E-state index contributed by atoms with van der Waals surface area (Å²) in [5.74, 6) is 0.700. The summed E-state index contributed by atoms with van der Waals surface area (Å²) in [5, 5.41) is 15.1. The van der Waals surface area contributed by atoms with Gasteiger partial charge in [0.15, 0.2) is 5.76 Å². The van der Waals surface area contributed by atoms with Crippen LogP contribution in [0.5, 0.6) is 0 Å². The van der Waals surface area contributed by atoms with Gasteiger partial charge in [-0.3, -0.25) is 20.4 Å². The number of non-ortho nitro benzene ring substituents is 1. The Morgan fingerprint density at radius 3 is 2.48 bits per heavy atom. The smallest absolute Gasteiger partial charge is 0.269 e. The van der Waals surface area contributed by atoms with Crippen molar-refractivity contribution in [2.45, 2.75) is 13.8 Å². The molecule has 0 aliphatic rings. The molecule has 0 aliphatic heterocycles. The molecule has 0 radical (unpaired) electrons. The first-order chi connectivity index (χ1) is 11.1. The van der Waals surface area contributed by atoms with E-state index in [-0.39, 0.29) is 5.69 Å². The van der Waals surface area contributed by atoms with E-state index >= 15 is 0 Å². The minimum Gasteiger partial charge on any atom is -0.463 e. The highest BCUT2D eigenvalue weighted by atomic mass is 16.6. The molecule has 0 saturated heterocycles. The second-order valence-electron chi connectivity index (χ2n) is 4.91. The molecule has 2 aromatic rings. The van der Waals surface area contributed by atoms with Crippen molar-refractivity contribution in [1.29, 1.82) is 0 Å². The number of benzene rings is 1. The van der Waals surface area contributed by atoms with E-state index < -0.39 is 4.92 Å². The third kappa shape index (κ3) is 4.65. The fourth-order valence-corrected chi connectivity index (χ4v) is 2.06. The van der Waals surface area contributed by atoms with Crippen molar-refractivity contribution in [2.24, 2.45) is 5.10 Å². The largest absolute Gasteiger partial charge is 0.463 e. The molecule has 0 fully saturated rings. The van der Waals surface area contributed by atoms with Gasteiger partial charge in [0.2, 0.25) is 0 Å². The Morgan fingerprint density at radius 2 is 1.96 bits per heavy atom. The van der Waals surface area contributed by atoms with Crippen LogP contribution in [0.25, 0.3) is 0 Å². The molecular weight excluding hydrogens is 296 g/mol. The van der Waals surface area contributed by atoms with Crippen LogP contribution in [0, 0.1) is 10.1 Å². The lowest BCUT2D eigenvalue weighted by molar-refractivity contribution is -0.384. The Bertz CT molecular complexity index is 646. The number of anilines is 1. The van der Waals surface area contributed by atoms with Gasteiger partial charge in [-0.05, 0) is 37.4 Å². The van der Waals surface area contributed by atoms with E-state index in [2.05, 4.69) is 29.3 Å². The number of nitro benzene ring substituents is 1. The quantitative estimate of drug-likeness (QED) is 0.459. The van der Waals surface area contributed by atoms with Crippen LogP contribution in [-0.4, -0.2) is 35.2 Å². The standard InChI is InChI=1S/C16H20N4O3/c1-3-19(4-2)12-15(16-6-5-11-23-16)18-17-13-7-9-14(10-8-13)20(21)22/h5-11,17H,3-4,12H2,1-2H3/b18-15+. The SMILES string of the molecule is CCN(CC)C/C(=N\Nc1ccc([N+](=O)[O-])cc1)c1ccco1. The van der Waals surface area contributed by atoms with Gasteiger partial charge in [-0.1, -0.05) is 13.8 Å². The van der Waals surface area contributed by atoms with E-state index in [4.69, 9.17) is 4.42 Å². The number of hydrogen-bond donors (Lipinski definition) is 1. The lowest BCUT2D eigenvalue weighted by Gasteiger charge is -2.18. The van der Waals surface area contributed by atoms with Crippen molar-refractivity contribution in [3.8, 4) is 0 Å². The zero-order valence-electron chi connectivity index (χ0n) is 13.2. The number of rotatable bonds is 8. The van der Waals surface area contributed by atoms with Crippen LogP contribution in [0.3, 0.4) is 0 Å². The van der Waals surface area contributed by atoms with E-state index in [1.54, 1.807) is 18.4 Å². The zero-order chi connectivity index (χ0) is 16.7. The molecule has 1 N–H and O–H groups in total. The van der Waals surface area contributed by atoms with Crippen LogP contribution >= 0.6 is 0 Å². The molecule has 0 atom stereocenters. The Kier molecular flexibility index (Phi) is 5.87. The highest BCUT2D eigenvalue weighted by Crippen LogP contribution is 2.15. The molecule has 0 bridgehead atoms. The number of likely N-dealkylation sites (N-methyl/N-ethyl adjacent to an activating group) is 1. The van der Waals surface area contributed by atoms with Crippen molar-refractivity contribution in [3.63, 3.8) is 0 Å². The third-order valence-corrected chi connectivity index (χ3v) is 3.47. The van der Waals surface area contributed by atoms with Crippen LogP contribution in [0.4, 0.5) is 11.4 Å². The van der Waals surface area contributed by atoms with E-state index in [9.17, 15) is 10.1 Å². The second kappa shape index (κ2) is 8.09. The van der Waals surface area contributed by atoms with Crippen molar-refractivity contribution in [1.82, 2.24) is 4.90 Å². The van der Waals surface area contributed by atoms with Crippen molar-refractivity contribution in [3.05, 3.63) is 58.5 Å². The van der Waals surface area contributed by atoms with E-state index in [1.165, 1.54) is 12.1 Å². The lowest BCUT2D eigenvalue weighted by Crippen LogP contribution is -2.30. The molecule has 1 aromatic carbocycles. The fourth-order valence-electron chi connectivity index (χ4n) is 2.06. The molecule has 23 heavy (non-hydrogen) atoms. The first kappa shape index (κ1) is 16.7. The Hall–Kier alpha value is -2.67. The second-order valence-corrected chi connectivity index (χ2v) is 4.91. The minimum atomic E-state index is -0.429. The zero-order valence-corrected chi connectivity index (χ0v) is 13.2. The average molecular weight is 316 g/mol. The summed E-state index contributed by atoms with van der Waals surface area (Å²) in [4.78, 5) is 12.5. The number of nitrogens with zero attached hydrogens (tertiary/aromatic N) is 3. The normalized spacial score (nSPS) is 11.7. The summed E-state index contributed by atoms with van der Waals surface area (Å²) in [6, 6.07) is 9.81. The molecular formula is C16H20N4O3. The monoisotopic (exact) mass is 316 g/mol. The molecule has 7 nitrogen and oxygen atoms in total. The molecule has 7 heteroatoms. The lowest BCUT2D eigenvalue weighted by atomic mass is 10.2. The average Bonchev–Trinajstić information content (AvgIpc) is 3.10. The van der Waals surface area contributed by atoms with Gasteiger partial charge in [-0.2, -0.15) is 5.10 Å². The summed E-state index contributed by atoms with van der Waals surface area (Å²) in [7, 11) is 0. The molecule has 0 unspecified atom stereocenters. The van der Waals surface area contributed by atoms with Crippen molar-refractivity contribution >= 4 is 17.1 Å². The van der Waals surface area contributed by atoms with Crippen LogP contribution in [-0.2, 0) is 0 Å². The number of hydrazone groups is 1. The first-order valence-corrected chi connectivity index (χ1v) is 7.47. The molecule has 122 valence electrons. The molecule has 0 spiro atoms. The summed E-state index contributed by atoms with van der Waals surface area (Å²) in [6.45, 7) is 6.65. The minimum absolute atomic E-state index is 0.0499.